The maximum atomic E-state index is 13.6. The van der Waals surface area contributed by atoms with Gasteiger partial charge in [0, 0.05) is 36.4 Å². The molecule has 4 amide bonds. The summed E-state index contributed by atoms with van der Waals surface area (Å²) in [5.74, 6) is 0.262. The molecule has 3 aromatic carbocycles. The summed E-state index contributed by atoms with van der Waals surface area (Å²) in [6.45, 7) is 2.77. The van der Waals surface area contributed by atoms with E-state index in [1.165, 1.54) is 12.5 Å². The van der Waals surface area contributed by atoms with Gasteiger partial charge >= 0.3 is 6.03 Å². The van der Waals surface area contributed by atoms with Crippen molar-refractivity contribution in [3.63, 3.8) is 0 Å². The Morgan fingerprint density at radius 3 is 2.08 bits per heavy atom. The highest BCUT2D eigenvalue weighted by Crippen LogP contribution is 2.25. The minimum absolute atomic E-state index is 0.0875. The van der Waals surface area contributed by atoms with Gasteiger partial charge in [-0.2, -0.15) is 0 Å². The highest BCUT2D eigenvalue weighted by molar-refractivity contribution is 6.30. The van der Waals surface area contributed by atoms with Crippen LogP contribution in [0.25, 0.3) is 0 Å². The highest BCUT2D eigenvalue weighted by atomic mass is 35.5. The number of carbonyl (C=O) groups is 3. The summed E-state index contributed by atoms with van der Waals surface area (Å²) in [5, 5.41) is 8.99. The van der Waals surface area contributed by atoms with Crippen molar-refractivity contribution in [3.8, 4) is 0 Å². The van der Waals surface area contributed by atoms with E-state index < -0.39 is 12.1 Å². The predicted molar refractivity (Wildman–Crippen MR) is 147 cm³/mol. The second kappa shape index (κ2) is 12.4. The molecule has 0 saturated carbocycles. The number of carbonyl (C=O) groups excluding carboxylic acids is 3. The smallest absolute Gasteiger partial charge is 0.320 e. The number of hydrogen-bond donors (Lipinski definition) is 3. The molecule has 3 aromatic rings. The first-order valence-electron chi connectivity index (χ1n) is 12.4. The van der Waals surface area contributed by atoms with Gasteiger partial charge in [0.2, 0.25) is 11.8 Å². The molecular formula is C29H31ClN4O3. The van der Waals surface area contributed by atoms with Gasteiger partial charge in [-0.1, -0.05) is 54.1 Å². The molecule has 1 unspecified atom stereocenters. The lowest BCUT2D eigenvalue weighted by molar-refractivity contribution is -0.134. The molecule has 37 heavy (non-hydrogen) atoms. The first-order valence-corrected chi connectivity index (χ1v) is 12.8. The fraction of sp³-hybridized carbons (Fsp3) is 0.276. The van der Waals surface area contributed by atoms with E-state index in [-0.39, 0.29) is 11.8 Å². The first kappa shape index (κ1) is 26.2. The van der Waals surface area contributed by atoms with Gasteiger partial charge in [0.25, 0.3) is 0 Å². The standard InChI is InChI=1S/C29H31ClN4O3/c1-20(35)31-25-11-7-21(8-12-25)19-22-15-17-34(18-16-22)28(36)27(23-5-3-2-4-6-23)33-29(37)32-26-13-9-24(30)10-14-26/h2-14,22,27H,15-19H2,1H3,(H,31,35)(H2,32,33,37). The lowest BCUT2D eigenvalue weighted by atomic mass is 9.89. The van der Waals surface area contributed by atoms with Gasteiger partial charge in [-0.3, -0.25) is 9.59 Å². The Morgan fingerprint density at radius 1 is 0.865 bits per heavy atom. The molecule has 0 radical (unpaired) electrons. The Kier molecular flexibility index (Phi) is 8.80. The van der Waals surface area contributed by atoms with Crippen LogP contribution in [-0.2, 0) is 16.0 Å². The molecule has 0 aliphatic carbocycles. The largest absolute Gasteiger partial charge is 0.341 e. The molecule has 0 spiro atoms. The van der Waals surface area contributed by atoms with Gasteiger partial charge in [0.05, 0.1) is 0 Å². The fourth-order valence-corrected chi connectivity index (χ4v) is 4.69. The lowest BCUT2D eigenvalue weighted by Gasteiger charge is -2.34. The molecule has 1 atom stereocenters. The number of halogens is 1. The fourth-order valence-electron chi connectivity index (χ4n) is 4.57. The third kappa shape index (κ3) is 7.57. The van der Waals surface area contributed by atoms with Crippen molar-refractivity contribution in [1.82, 2.24) is 10.2 Å². The first-order chi connectivity index (χ1) is 17.9. The number of hydrogen-bond acceptors (Lipinski definition) is 3. The zero-order chi connectivity index (χ0) is 26.2. The molecule has 8 heteroatoms. The van der Waals surface area contributed by atoms with E-state index in [0.717, 1.165) is 30.5 Å². The van der Waals surface area contributed by atoms with Gasteiger partial charge in [0.1, 0.15) is 6.04 Å². The summed E-state index contributed by atoms with van der Waals surface area (Å²) in [4.78, 5) is 39.4. The van der Waals surface area contributed by atoms with E-state index in [9.17, 15) is 14.4 Å². The Hall–Kier alpha value is -3.84. The summed E-state index contributed by atoms with van der Waals surface area (Å²) in [6.07, 6.45) is 2.70. The third-order valence-electron chi connectivity index (χ3n) is 6.48. The molecule has 192 valence electrons. The monoisotopic (exact) mass is 518 g/mol. The zero-order valence-corrected chi connectivity index (χ0v) is 21.5. The highest BCUT2D eigenvalue weighted by Gasteiger charge is 2.30. The number of rotatable bonds is 7. The summed E-state index contributed by atoms with van der Waals surface area (Å²) >= 11 is 5.93. The lowest BCUT2D eigenvalue weighted by Crippen LogP contribution is -2.47. The average molecular weight is 519 g/mol. The molecule has 1 heterocycles. The maximum absolute atomic E-state index is 13.6. The summed E-state index contributed by atoms with van der Waals surface area (Å²) in [6, 6.07) is 22.8. The molecule has 0 bridgehead atoms. The van der Waals surface area contributed by atoms with Crippen LogP contribution in [0.4, 0.5) is 16.2 Å². The number of likely N-dealkylation sites (tertiary alicyclic amines) is 1. The molecule has 0 aromatic heterocycles. The molecule has 4 rings (SSSR count). The van der Waals surface area contributed by atoms with Crippen molar-refractivity contribution in [2.75, 3.05) is 23.7 Å². The zero-order valence-electron chi connectivity index (χ0n) is 20.7. The second-order valence-corrected chi connectivity index (χ2v) is 9.74. The van der Waals surface area contributed by atoms with Crippen LogP contribution < -0.4 is 16.0 Å². The number of urea groups is 1. The minimum Gasteiger partial charge on any atom is -0.341 e. The van der Waals surface area contributed by atoms with E-state index in [1.54, 1.807) is 24.3 Å². The predicted octanol–water partition coefficient (Wildman–Crippen LogP) is 5.64. The van der Waals surface area contributed by atoms with Crippen LogP contribution in [0.15, 0.2) is 78.9 Å². The Morgan fingerprint density at radius 2 is 1.46 bits per heavy atom. The second-order valence-electron chi connectivity index (χ2n) is 9.30. The normalized spacial score (nSPS) is 14.5. The topological polar surface area (TPSA) is 90.5 Å². The minimum atomic E-state index is -0.786. The Balaban J connectivity index is 1.36. The maximum Gasteiger partial charge on any atom is 0.320 e. The van der Waals surface area contributed by atoms with Crippen molar-refractivity contribution in [1.29, 1.82) is 0 Å². The molecule has 1 aliphatic rings. The van der Waals surface area contributed by atoms with Crippen molar-refractivity contribution in [3.05, 3.63) is 95.0 Å². The number of benzene rings is 3. The summed E-state index contributed by atoms with van der Waals surface area (Å²) in [7, 11) is 0. The number of nitrogens with zero attached hydrogens (tertiary/aromatic N) is 1. The van der Waals surface area contributed by atoms with Crippen LogP contribution in [0.3, 0.4) is 0 Å². The van der Waals surface area contributed by atoms with Gasteiger partial charge in [-0.15, -0.1) is 0 Å². The van der Waals surface area contributed by atoms with Gasteiger partial charge < -0.3 is 20.9 Å². The van der Waals surface area contributed by atoms with E-state index >= 15 is 0 Å². The Bertz CT molecular complexity index is 1210. The molecule has 1 aliphatic heterocycles. The van der Waals surface area contributed by atoms with Gasteiger partial charge in [-0.05, 0) is 72.7 Å². The van der Waals surface area contributed by atoms with E-state index in [4.69, 9.17) is 11.6 Å². The van der Waals surface area contributed by atoms with Gasteiger partial charge in [-0.25, -0.2) is 4.79 Å². The van der Waals surface area contributed by atoms with Crippen molar-refractivity contribution >= 4 is 40.8 Å². The Labute approximate surface area is 222 Å². The van der Waals surface area contributed by atoms with Crippen LogP contribution in [0.1, 0.15) is 36.9 Å². The SMILES string of the molecule is CC(=O)Nc1ccc(CC2CCN(C(=O)C(NC(=O)Nc3ccc(Cl)cc3)c3ccccc3)CC2)cc1. The summed E-state index contributed by atoms with van der Waals surface area (Å²) in [5.41, 5.74) is 3.32. The van der Waals surface area contributed by atoms with E-state index in [1.807, 2.05) is 59.5 Å². The van der Waals surface area contributed by atoms with Gasteiger partial charge in [0.15, 0.2) is 0 Å². The quantitative estimate of drug-likeness (QED) is 0.378. The third-order valence-corrected chi connectivity index (χ3v) is 6.73. The van der Waals surface area contributed by atoms with Crippen LogP contribution in [-0.4, -0.2) is 35.8 Å². The van der Waals surface area contributed by atoms with Crippen molar-refractivity contribution in [2.24, 2.45) is 5.92 Å². The van der Waals surface area contributed by atoms with Crippen LogP contribution in [0.5, 0.6) is 0 Å². The molecule has 7 nitrogen and oxygen atoms in total. The molecule has 3 N–H and O–H groups in total. The number of anilines is 2. The van der Waals surface area contributed by atoms with Crippen LogP contribution in [0, 0.1) is 5.92 Å². The van der Waals surface area contributed by atoms with Crippen LogP contribution in [0.2, 0.25) is 5.02 Å². The summed E-state index contributed by atoms with van der Waals surface area (Å²) < 4.78 is 0. The number of piperidine rings is 1. The average Bonchev–Trinajstić information content (AvgIpc) is 2.90. The van der Waals surface area contributed by atoms with Crippen molar-refractivity contribution in [2.45, 2.75) is 32.2 Å². The van der Waals surface area contributed by atoms with E-state index in [2.05, 4.69) is 16.0 Å². The number of nitrogens with one attached hydrogen (secondary N) is 3. The number of amides is 4. The van der Waals surface area contributed by atoms with E-state index in [0.29, 0.717) is 29.7 Å². The molecular weight excluding hydrogens is 488 g/mol. The molecule has 1 fully saturated rings. The molecule has 1 saturated heterocycles. The van der Waals surface area contributed by atoms with Crippen LogP contribution >= 0.6 is 11.6 Å². The van der Waals surface area contributed by atoms with Crippen molar-refractivity contribution < 1.29 is 14.4 Å².